The molecule has 0 unspecified atom stereocenters. The summed E-state index contributed by atoms with van der Waals surface area (Å²) < 4.78 is 26.5. The number of carbonyl (C=O) groups is 2. The average molecular weight is 479 g/mol. The third kappa shape index (κ3) is 3.99. The number of anilines is 1. The molecule has 2 amide bonds. The number of fused-ring (bicyclic) bond motifs is 1. The summed E-state index contributed by atoms with van der Waals surface area (Å²) in [6, 6.07) is 13.6. The number of Topliss-reactive ketones (excluding diaryl/α,β-unsaturated/α-hetero) is 1. The summed E-state index contributed by atoms with van der Waals surface area (Å²) in [6.07, 6.45) is 1.76. The van der Waals surface area contributed by atoms with Crippen molar-refractivity contribution in [3.8, 4) is 0 Å². The molecular weight excluding hydrogens is 467 g/mol. The van der Waals surface area contributed by atoms with Crippen LogP contribution in [0.25, 0.3) is 11.6 Å². The highest BCUT2D eigenvalue weighted by Crippen LogP contribution is 2.35. The fraction of sp³-hybridized carbons (Fsp3) is 0. The van der Waals surface area contributed by atoms with Crippen LogP contribution in [0.4, 0.5) is 10.5 Å². The number of amides is 2. The highest BCUT2D eigenvalue weighted by Gasteiger charge is 2.25. The van der Waals surface area contributed by atoms with Gasteiger partial charge in [-0.2, -0.15) is 0 Å². The molecule has 10 heteroatoms. The molecule has 0 fully saturated rings. The zero-order valence-corrected chi connectivity index (χ0v) is 18.1. The summed E-state index contributed by atoms with van der Waals surface area (Å²) in [5.74, 6) is -0.133. The molecule has 2 aromatic carbocycles. The number of nitrogens with one attached hydrogen (secondary N) is 2. The van der Waals surface area contributed by atoms with E-state index < -0.39 is 16.1 Å². The van der Waals surface area contributed by atoms with Crippen molar-refractivity contribution in [1.29, 1.82) is 0 Å². The van der Waals surface area contributed by atoms with Crippen molar-refractivity contribution in [2.75, 3.05) is 5.32 Å². The standard InChI is InChI=1S/C20H12Cl2N2O4S2/c21-16-10-12(23-20(26)24-30(27,28)18-8-7-17(22)29-18)5-6-14(16)15-9-11-3-1-2-4-13(11)19(15)25/h1-10H,(H2,23,24,26). The van der Waals surface area contributed by atoms with Gasteiger partial charge in [0, 0.05) is 22.4 Å². The zero-order valence-electron chi connectivity index (χ0n) is 15.0. The lowest BCUT2D eigenvalue weighted by Crippen LogP contribution is -2.33. The van der Waals surface area contributed by atoms with Crippen LogP contribution in [0.5, 0.6) is 0 Å². The minimum atomic E-state index is -4.04. The van der Waals surface area contributed by atoms with E-state index in [2.05, 4.69) is 5.32 Å². The number of benzene rings is 2. The molecule has 6 nitrogen and oxygen atoms in total. The van der Waals surface area contributed by atoms with E-state index in [9.17, 15) is 18.0 Å². The van der Waals surface area contributed by atoms with Crippen LogP contribution in [0, 0.1) is 0 Å². The monoisotopic (exact) mass is 478 g/mol. The van der Waals surface area contributed by atoms with Gasteiger partial charge in [-0.3, -0.25) is 4.79 Å². The van der Waals surface area contributed by atoms with Crippen LogP contribution in [-0.4, -0.2) is 20.2 Å². The van der Waals surface area contributed by atoms with Crippen molar-refractivity contribution in [3.63, 3.8) is 0 Å². The fourth-order valence-corrected chi connectivity index (χ4v) is 5.65. The van der Waals surface area contributed by atoms with E-state index in [0.29, 0.717) is 16.7 Å². The van der Waals surface area contributed by atoms with Crippen molar-refractivity contribution < 1.29 is 18.0 Å². The van der Waals surface area contributed by atoms with Gasteiger partial charge in [0.1, 0.15) is 4.21 Å². The van der Waals surface area contributed by atoms with Gasteiger partial charge in [-0.05, 0) is 35.9 Å². The van der Waals surface area contributed by atoms with Crippen LogP contribution < -0.4 is 10.0 Å². The van der Waals surface area contributed by atoms with Crippen LogP contribution in [0.3, 0.4) is 0 Å². The number of ketones is 1. The van der Waals surface area contributed by atoms with Crippen LogP contribution in [0.15, 0.2) is 58.8 Å². The molecule has 4 rings (SSSR count). The van der Waals surface area contributed by atoms with Crippen LogP contribution in [-0.2, 0) is 10.0 Å². The smallest absolute Gasteiger partial charge is 0.307 e. The SMILES string of the molecule is O=C(Nc1ccc(C2=Cc3ccccc3C2=O)c(Cl)c1)NS(=O)(=O)c1ccc(Cl)s1. The number of urea groups is 1. The van der Waals surface area contributed by atoms with Gasteiger partial charge < -0.3 is 5.32 Å². The first-order valence-corrected chi connectivity index (χ1v) is 11.5. The molecule has 3 aromatic rings. The number of sulfonamides is 1. The van der Waals surface area contributed by atoms with Crippen LogP contribution >= 0.6 is 34.5 Å². The molecule has 2 N–H and O–H groups in total. The molecule has 0 atom stereocenters. The Hall–Kier alpha value is -2.65. The maximum Gasteiger partial charge on any atom is 0.333 e. The van der Waals surface area contributed by atoms with Crippen molar-refractivity contribution in [3.05, 3.63) is 80.6 Å². The molecule has 0 bridgehead atoms. The third-order valence-corrected chi connectivity index (χ3v) is 7.67. The van der Waals surface area contributed by atoms with Crippen molar-refractivity contribution in [1.82, 2.24) is 4.72 Å². The molecule has 1 aliphatic carbocycles. The van der Waals surface area contributed by atoms with Gasteiger partial charge in [0.15, 0.2) is 5.78 Å². The summed E-state index contributed by atoms with van der Waals surface area (Å²) in [4.78, 5) is 24.7. The molecule has 0 saturated carbocycles. The maximum atomic E-state index is 12.6. The predicted octanol–water partition coefficient (Wildman–Crippen LogP) is 5.30. The number of halogens is 2. The lowest BCUT2D eigenvalue weighted by molar-refractivity contribution is 0.105. The average Bonchev–Trinajstić information content (AvgIpc) is 3.26. The Bertz CT molecular complexity index is 1330. The Morgan fingerprint density at radius 3 is 2.40 bits per heavy atom. The first kappa shape index (κ1) is 20.6. The summed E-state index contributed by atoms with van der Waals surface area (Å²) in [5, 5.41) is 2.66. The third-order valence-electron chi connectivity index (χ3n) is 4.31. The van der Waals surface area contributed by atoms with Gasteiger partial charge in [0.2, 0.25) is 0 Å². The van der Waals surface area contributed by atoms with Crippen molar-refractivity contribution in [2.24, 2.45) is 0 Å². The predicted molar refractivity (Wildman–Crippen MR) is 119 cm³/mol. The van der Waals surface area contributed by atoms with Crippen molar-refractivity contribution in [2.45, 2.75) is 4.21 Å². The second kappa shape index (κ2) is 7.88. The molecular formula is C20H12Cl2N2O4S2. The number of hydrogen-bond acceptors (Lipinski definition) is 5. The topological polar surface area (TPSA) is 92.3 Å². The summed E-state index contributed by atoms with van der Waals surface area (Å²) in [5.41, 5.74) is 2.65. The lowest BCUT2D eigenvalue weighted by Gasteiger charge is -2.10. The van der Waals surface area contributed by atoms with E-state index in [1.54, 1.807) is 24.3 Å². The molecule has 1 heterocycles. The van der Waals surface area contributed by atoms with E-state index in [-0.39, 0.29) is 25.0 Å². The first-order chi connectivity index (χ1) is 14.2. The van der Waals surface area contributed by atoms with Crippen molar-refractivity contribution >= 4 is 73.7 Å². The number of allylic oxidation sites excluding steroid dienone is 1. The minimum absolute atomic E-state index is 0.0812. The van der Waals surface area contributed by atoms with Gasteiger partial charge in [0.25, 0.3) is 10.0 Å². The highest BCUT2D eigenvalue weighted by atomic mass is 35.5. The number of rotatable bonds is 4. The Labute approximate surface area is 186 Å². The molecule has 0 spiro atoms. The Balaban J connectivity index is 1.50. The number of hydrogen-bond donors (Lipinski definition) is 2. The summed E-state index contributed by atoms with van der Waals surface area (Å²) in [7, 11) is -4.04. The second-order valence-electron chi connectivity index (χ2n) is 6.29. The molecule has 0 saturated heterocycles. The molecule has 0 aliphatic heterocycles. The molecule has 152 valence electrons. The maximum absolute atomic E-state index is 12.6. The van der Waals surface area contributed by atoms with Gasteiger partial charge in [-0.15, -0.1) is 11.3 Å². The van der Waals surface area contributed by atoms with Crippen LogP contribution in [0.2, 0.25) is 9.36 Å². The molecule has 30 heavy (non-hydrogen) atoms. The highest BCUT2D eigenvalue weighted by molar-refractivity contribution is 7.92. The van der Waals surface area contributed by atoms with E-state index in [1.165, 1.54) is 24.3 Å². The minimum Gasteiger partial charge on any atom is -0.307 e. The summed E-state index contributed by atoms with van der Waals surface area (Å²) >= 11 is 12.9. The van der Waals surface area contributed by atoms with Crippen LogP contribution in [0.1, 0.15) is 21.5 Å². The Morgan fingerprint density at radius 2 is 1.73 bits per heavy atom. The van der Waals surface area contributed by atoms with Gasteiger partial charge in [-0.25, -0.2) is 17.9 Å². The van der Waals surface area contributed by atoms with E-state index in [0.717, 1.165) is 16.9 Å². The zero-order chi connectivity index (χ0) is 21.5. The molecule has 0 radical (unpaired) electrons. The number of carbonyl (C=O) groups excluding carboxylic acids is 2. The largest absolute Gasteiger partial charge is 0.333 e. The number of thiophene rings is 1. The molecule has 1 aromatic heterocycles. The second-order valence-corrected chi connectivity index (χ2v) is 10.3. The first-order valence-electron chi connectivity index (χ1n) is 8.49. The van der Waals surface area contributed by atoms with E-state index >= 15 is 0 Å². The van der Waals surface area contributed by atoms with E-state index in [1.807, 2.05) is 16.9 Å². The quantitative estimate of drug-likeness (QED) is 0.531. The Morgan fingerprint density at radius 1 is 0.967 bits per heavy atom. The Kier molecular flexibility index (Phi) is 5.42. The summed E-state index contributed by atoms with van der Waals surface area (Å²) in [6.45, 7) is 0. The van der Waals surface area contributed by atoms with Gasteiger partial charge in [-0.1, -0.05) is 53.5 Å². The fourth-order valence-electron chi connectivity index (χ4n) is 2.98. The van der Waals surface area contributed by atoms with E-state index in [4.69, 9.17) is 23.2 Å². The molecule has 1 aliphatic rings. The lowest BCUT2D eigenvalue weighted by atomic mass is 10.0. The van der Waals surface area contributed by atoms with Gasteiger partial charge in [0.05, 0.1) is 9.36 Å². The van der Waals surface area contributed by atoms with Gasteiger partial charge >= 0.3 is 6.03 Å². The normalized spacial score (nSPS) is 13.0.